The number of benzene rings is 3. The number of hydrogen-bond acceptors (Lipinski definition) is 1. The van der Waals surface area contributed by atoms with Crippen LogP contribution >= 0.6 is 15.9 Å². The number of fused-ring (bicyclic) bond motifs is 1. The van der Waals surface area contributed by atoms with Gasteiger partial charge < -0.3 is 4.42 Å². The van der Waals surface area contributed by atoms with E-state index >= 15 is 0 Å². The minimum Gasteiger partial charge on any atom is -0.455 e. The Morgan fingerprint density at radius 1 is 0.591 bits per heavy atom. The lowest BCUT2D eigenvalue weighted by atomic mass is 10.0. The van der Waals surface area contributed by atoms with Gasteiger partial charge in [-0.2, -0.15) is 0 Å². The SMILES string of the molecule is Brc1cccc2c(-c3ccccc3)oc(-c3ccccc3)c12. The van der Waals surface area contributed by atoms with E-state index in [-0.39, 0.29) is 0 Å². The Labute approximate surface area is 137 Å². The molecule has 0 spiro atoms. The molecule has 0 amide bonds. The number of hydrogen-bond donors (Lipinski definition) is 0. The van der Waals surface area contributed by atoms with Crippen LogP contribution in [0.4, 0.5) is 0 Å². The van der Waals surface area contributed by atoms with E-state index in [1.54, 1.807) is 0 Å². The second-order valence-corrected chi connectivity index (χ2v) is 6.01. The molecule has 0 fully saturated rings. The highest BCUT2D eigenvalue weighted by molar-refractivity contribution is 9.10. The average molecular weight is 349 g/mol. The van der Waals surface area contributed by atoms with Crippen molar-refractivity contribution >= 4 is 26.7 Å². The van der Waals surface area contributed by atoms with Gasteiger partial charge in [0.05, 0.1) is 0 Å². The summed E-state index contributed by atoms with van der Waals surface area (Å²) in [6, 6.07) is 26.7. The summed E-state index contributed by atoms with van der Waals surface area (Å²) in [6.07, 6.45) is 0. The van der Waals surface area contributed by atoms with Crippen LogP contribution in [-0.2, 0) is 0 Å². The van der Waals surface area contributed by atoms with Gasteiger partial charge in [-0.05, 0) is 6.07 Å². The standard InChI is InChI=1S/C20H13BrO/c21-17-13-7-12-16-18(17)20(15-10-5-2-6-11-15)22-19(16)14-8-3-1-4-9-14/h1-13H. The van der Waals surface area contributed by atoms with Crippen molar-refractivity contribution in [3.63, 3.8) is 0 Å². The lowest BCUT2D eigenvalue weighted by Crippen LogP contribution is -1.75. The van der Waals surface area contributed by atoms with Crippen LogP contribution in [0.2, 0.25) is 0 Å². The van der Waals surface area contributed by atoms with E-state index in [4.69, 9.17) is 4.42 Å². The van der Waals surface area contributed by atoms with E-state index in [0.29, 0.717) is 0 Å². The van der Waals surface area contributed by atoms with E-state index < -0.39 is 0 Å². The second-order valence-electron chi connectivity index (χ2n) is 5.15. The minimum absolute atomic E-state index is 0.905. The van der Waals surface area contributed by atoms with Crippen molar-refractivity contribution in [1.82, 2.24) is 0 Å². The molecule has 4 aromatic rings. The summed E-state index contributed by atoms with van der Waals surface area (Å²) in [5.41, 5.74) is 2.18. The van der Waals surface area contributed by atoms with Gasteiger partial charge in [-0.25, -0.2) is 0 Å². The average Bonchev–Trinajstić information content (AvgIpc) is 2.98. The lowest BCUT2D eigenvalue weighted by molar-refractivity contribution is 0.602. The molecule has 0 radical (unpaired) electrons. The summed E-state index contributed by atoms with van der Waals surface area (Å²) in [6.45, 7) is 0. The van der Waals surface area contributed by atoms with Crippen LogP contribution in [-0.4, -0.2) is 0 Å². The molecule has 3 aromatic carbocycles. The van der Waals surface area contributed by atoms with Gasteiger partial charge in [0.2, 0.25) is 0 Å². The quantitative estimate of drug-likeness (QED) is 0.401. The van der Waals surface area contributed by atoms with Gasteiger partial charge in [0, 0.05) is 26.4 Å². The predicted molar refractivity (Wildman–Crippen MR) is 94.8 cm³/mol. The molecule has 0 N–H and O–H groups in total. The van der Waals surface area contributed by atoms with Crippen molar-refractivity contribution in [3.8, 4) is 22.6 Å². The van der Waals surface area contributed by atoms with Crippen LogP contribution in [0.15, 0.2) is 87.8 Å². The maximum Gasteiger partial charge on any atom is 0.143 e. The Morgan fingerprint density at radius 3 is 1.82 bits per heavy atom. The molecule has 0 aliphatic heterocycles. The van der Waals surface area contributed by atoms with Crippen molar-refractivity contribution in [2.45, 2.75) is 0 Å². The van der Waals surface area contributed by atoms with Gasteiger partial charge in [0.15, 0.2) is 0 Å². The van der Waals surface area contributed by atoms with Gasteiger partial charge in [-0.3, -0.25) is 0 Å². The highest BCUT2D eigenvalue weighted by atomic mass is 79.9. The van der Waals surface area contributed by atoms with Crippen LogP contribution in [0.3, 0.4) is 0 Å². The fourth-order valence-electron chi connectivity index (χ4n) is 2.75. The predicted octanol–water partition coefficient (Wildman–Crippen LogP) is 6.53. The van der Waals surface area contributed by atoms with Gasteiger partial charge in [-0.15, -0.1) is 0 Å². The largest absolute Gasteiger partial charge is 0.455 e. The first-order valence-corrected chi connectivity index (χ1v) is 7.96. The summed E-state index contributed by atoms with van der Waals surface area (Å²) in [5.74, 6) is 1.82. The summed E-state index contributed by atoms with van der Waals surface area (Å²) in [4.78, 5) is 0. The van der Waals surface area contributed by atoms with Crippen LogP contribution in [0.1, 0.15) is 0 Å². The molecule has 0 saturated carbocycles. The van der Waals surface area contributed by atoms with Gasteiger partial charge in [0.1, 0.15) is 11.5 Å². The third kappa shape index (κ3) is 2.16. The van der Waals surface area contributed by atoms with Crippen LogP contribution in [0.25, 0.3) is 33.4 Å². The van der Waals surface area contributed by atoms with E-state index in [1.807, 2.05) is 42.5 Å². The fraction of sp³-hybridized carbons (Fsp3) is 0. The summed E-state index contributed by atoms with van der Waals surface area (Å²) in [7, 11) is 0. The maximum absolute atomic E-state index is 6.29. The molecule has 1 nitrogen and oxygen atoms in total. The van der Waals surface area contributed by atoms with E-state index in [1.165, 1.54) is 0 Å². The Bertz CT molecular complexity index is 924. The summed E-state index contributed by atoms with van der Waals surface area (Å²) < 4.78 is 7.34. The van der Waals surface area contributed by atoms with Gasteiger partial charge >= 0.3 is 0 Å². The van der Waals surface area contributed by atoms with Crippen molar-refractivity contribution in [1.29, 1.82) is 0 Å². The van der Waals surface area contributed by atoms with E-state index in [9.17, 15) is 0 Å². The highest BCUT2D eigenvalue weighted by Crippen LogP contribution is 2.42. The van der Waals surface area contributed by atoms with Crippen LogP contribution in [0, 0.1) is 0 Å². The zero-order chi connectivity index (χ0) is 14.9. The highest BCUT2D eigenvalue weighted by Gasteiger charge is 2.17. The second kappa shape index (κ2) is 5.47. The molecule has 1 heterocycles. The minimum atomic E-state index is 0.905. The van der Waals surface area contributed by atoms with Gasteiger partial charge in [0.25, 0.3) is 0 Å². The van der Waals surface area contributed by atoms with Crippen molar-refractivity contribution in [3.05, 3.63) is 83.3 Å². The van der Waals surface area contributed by atoms with E-state index in [2.05, 4.69) is 52.3 Å². The number of furan rings is 1. The lowest BCUT2D eigenvalue weighted by Gasteiger charge is -1.99. The topological polar surface area (TPSA) is 13.1 Å². The Morgan fingerprint density at radius 2 is 1.18 bits per heavy atom. The molecule has 0 saturated heterocycles. The third-order valence-corrected chi connectivity index (χ3v) is 4.42. The molecular formula is C20H13BrO. The maximum atomic E-state index is 6.29. The molecule has 0 bridgehead atoms. The monoisotopic (exact) mass is 348 g/mol. The number of halogens is 1. The zero-order valence-corrected chi connectivity index (χ0v) is 13.4. The molecular weight excluding hydrogens is 336 g/mol. The Kier molecular flexibility index (Phi) is 3.32. The number of rotatable bonds is 2. The normalized spacial score (nSPS) is 11.0. The van der Waals surface area contributed by atoms with Crippen molar-refractivity contribution in [2.75, 3.05) is 0 Å². The molecule has 0 aliphatic carbocycles. The summed E-state index contributed by atoms with van der Waals surface area (Å²) >= 11 is 3.67. The molecule has 0 aliphatic rings. The smallest absolute Gasteiger partial charge is 0.143 e. The molecule has 0 atom stereocenters. The molecule has 0 unspecified atom stereocenters. The van der Waals surface area contributed by atoms with Gasteiger partial charge in [-0.1, -0.05) is 88.7 Å². The first-order valence-electron chi connectivity index (χ1n) is 7.16. The fourth-order valence-corrected chi connectivity index (χ4v) is 3.30. The van der Waals surface area contributed by atoms with Crippen molar-refractivity contribution in [2.24, 2.45) is 0 Å². The first-order chi connectivity index (χ1) is 10.8. The summed E-state index contributed by atoms with van der Waals surface area (Å²) in [5, 5.41) is 2.24. The van der Waals surface area contributed by atoms with Crippen LogP contribution in [0.5, 0.6) is 0 Å². The first kappa shape index (κ1) is 13.4. The zero-order valence-electron chi connectivity index (χ0n) is 11.8. The third-order valence-electron chi connectivity index (χ3n) is 3.76. The van der Waals surface area contributed by atoms with Crippen LogP contribution < -0.4 is 0 Å². The molecule has 1 aromatic heterocycles. The Hall–Kier alpha value is -2.32. The molecule has 106 valence electrons. The Balaban J connectivity index is 2.07. The molecule has 2 heteroatoms. The van der Waals surface area contributed by atoms with E-state index in [0.717, 1.165) is 37.9 Å². The van der Waals surface area contributed by atoms with Crippen molar-refractivity contribution < 1.29 is 4.42 Å². The molecule has 22 heavy (non-hydrogen) atoms. The molecule has 4 rings (SSSR count).